The van der Waals surface area contributed by atoms with E-state index >= 15 is 0 Å². The largest absolute Gasteiger partial charge is 0.481 e. The topological polar surface area (TPSA) is 93.2 Å². The molecule has 1 amide bonds. The first-order valence-corrected chi connectivity index (χ1v) is 7.01. The third-order valence-electron chi connectivity index (χ3n) is 3.19. The van der Waals surface area contributed by atoms with Gasteiger partial charge in [-0.25, -0.2) is 0 Å². The SMILES string of the molecule is CCn1cc(CN(C)C(=O)c2ccn(CCC(=O)O)n2)cn1. The van der Waals surface area contributed by atoms with Crippen molar-refractivity contribution < 1.29 is 14.7 Å². The van der Waals surface area contributed by atoms with E-state index in [-0.39, 0.29) is 18.9 Å². The molecule has 22 heavy (non-hydrogen) atoms. The summed E-state index contributed by atoms with van der Waals surface area (Å²) in [5, 5.41) is 16.9. The van der Waals surface area contributed by atoms with Gasteiger partial charge >= 0.3 is 5.97 Å². The van der Waals surface area contributed by atoms with E-state index in [0.717, 1.165) is 12.1 Å². The molecule has 0 aliphatic carbocycles. The summed E-state index contributed by atoms with van der Waals surface area (Å²) in [6, 6.07) is 1.59. The predicted molar refractivity (Wildman–Crippen MR) is 78.2 cm³/mol. The van der Waals surface area contributed by atoms with Crippen molar-refractivity contribution in [3.63, 3.8) is 0 Å². The molecule has 8 nitrogen and oxygen atoms in total. The number of carboxylic acid groups (broad SMARTS) is 1. The first-order chi connectivity index (χ1) is 10.5. The molecule has 0 radical (unpaired) electrons. The van der Waals surface area contributed by atoms with E-state index in [1.54, 1.807) is 35.1 Å². The fourth-order valence-electron chi connectivity index (χ4n) is 2.01. The van der Waals surface area contributed by atoms with E-state index in [1.165, 1.54) is 4.68 Å². The van der Waals surface area contributed by atoms with Gasteiger partial charge in [0.15, 0.2) is 0 Å². The van der Waals surface area contributed by atoms with Gasteiger partial charge in [0, 0.05) is 38.1 Å². The Bertz CT molecular complexity index is 661. The molecule has 1 N–H and O–H groups in total. The molecule has 0 aromatic carbocycles. The molecule has 0 spiro atoms. The fraction of sp³-hybridized carbons (Fsp3) is 0.429. The van der Waals surface area contributed by atoms with Crippen molar-refractivity contribution in [2.24, 2.45) is 0 Å². The molecule has 0 unspecified atom stereocenters. The molecule has 0 saturated carbocycles. The third-order valence-corrected chi connectivity index (χ3v) is 3.19. The number of hydrogen-bond acceptors (Lipinski definition) is 4. The number of aromatic nitrogens is 4. The molecule has 0 aliphatic heterocycles. The smallest absolute Gasteiger partial charge is 0.305 e. The second-order valence-electron chi connectivity index (χ2n) is 4.97. The average molecular weight is 305 g/mol. The molecule has 0 atom stereocenters. The zero-order chi connectivity index (χ0) is 16.1. The molecule has 0 aliphatic rings. The monoisotopic (exact) mass is 305 g/mol. The molecular weight excluding hydrogens is 286 g/mol. The summed E-state index contributed by atoms with van der Waals surface area (Å²) in [6.07, 6.45) is 5.22. The molecule has 2 aromatic heterocycles. The molecular formula is C14H19N5O3. The molecule has 2 aromatic rings. The molecule has 0 bridgehead atoms. The summed E-state index contributed by atoms with van der Waals surface area (Å²) in [5.74, 6) is -1.10. The van der Waals surface area contributed by atoms with Gasteiger partial charge in [-0.2, -0.15) is 10.2 Å². The number of carbonyl (C=O) groups excluding carboxylic acids is 1. The Labute approximate surface area is 127 Å². The van der Waals surface area contributed by atoms with Gasteiger partial charge in [0.05, 0.1) is 19.2 Å². The highest BCUT2D eigenvalue weighted by Crippen LogP contribution is 2.07. The standard InChI is InChI=1S/C14H19N5O3/c1-3-18-10-11(8-15-18)9-17(2)14(22)12-4-6-19(16-12)7-5-13(20)21/h4,6,8,10H,3,5,7,9H2,1-2H3,(H,20,21). The van der Waals surface area contributed by atoms with Crippen molar-refractivity contribution in [3.05, 3.63) is 35.9 Å². The van der Waals surface area contributed by atoms with Crippen LogP contribution in [0.3, 0.4) is 0 Å². The summed E-state index contributed by atoms with van der Waals surface area (Å²) in [6.45, 7) is 3.47. The highest BCUT2D eigenvalue weighted by Gasteiger charge is 2.16. The van der Waals surface area contributed by atoms with Crippen molar-refractivity contribution in [1.82, 2.24) is 24.5 Å². The Balaban J connectivity index is 1.96. The summed E-state index contributed by atoms with van der Waals surface area (Å²) in [5.41, 5.74) is 1.25. The van der Waals surface area contributed by atoms with Gasteiger partial charge < -0.3 is 10.0 Å². The lowest BCUT2D eigenvalue weighted by Gasteiger charge is -2.14. The fourth-order valence-corrected chi connectivity index (χ4v) is 2.01. The lowest BCUT2D eigenvalue weighted by atomic mass is 10.3. The Hall–Kier alpha value is -2.64. The van der Waals surface area contributed by atoms with Gasteiger partial charge in [-0.1, -0.05) is 0 Å². The van der Waals surface area contributed by atoms with Gasteiger partial charge in [0.1, 0.15) is 5.69 Å². The van der Waals surface area contributed by atoms with Crippen LogP contribution in [-0.2, 0) is 24.4 Å². The zero-order valence-corrected chi connectivity index (χ0v) is 12.6. The van der Waals surface area contributed by atoms with Crippen LogP contribution in [0, 0.1) is 0 Å². The lowest BCUT2D eigenvalue weighted by molar-refractivity contribution is -0.137. The first-order valence-electron chi connectivity index (χ1n) is 7.01. The molecule has 0 saturated heterocycles. The van der Waals surface area contributed by atoms with E-state index in [9.17, 15) is 9.59 Å². The van der Waals surface area contributed by atoms with Crippen LogP contribution in [0.1, 0.15) is 29.4 Å². The summed E-state index contributed by atoms with van der Waals surface area (Å²) in [4.78, 5) is 24.4. The van der Waals surface area contributed by atoms with E-state index in [0.29, 0.717) is 12.2 Å². The van der Waals surface area contributed by atoms with E-state index in [4.69, 9.17) is 5.11 Å². The van der Waals surface area contributed by atoms with E-state index in [1.807, 2.05) is 13.1 Å². The minimum Gasteiger partial charge on any atom is -0.481 e. The number of amides is 1. The summed E-state index contributed by atoms with van der Waals surface area (Å²) >= 11 is 0. The van der Waals surface area contributed by atoms with Crippen LogP contribution in [0.25, 0.3) is 0 Å². The van der Waals surface area contributed by atoms with Crippen molar-refractivity contribution in [2.45, 2.75) is 33.0 Å². The molecule has 8 heteroatoms. The zero-order valence-electron chi connectivity index (χ0n) is 12.6. The Kier molecular flexibility index (Phi) is 4.92. The average Bonchev–Trinajstić information content (AvgIpc) is 3.13. The van der Waals surface area contributed by atoms with Gasteiger partial charge in [-0.05, 0) is 13.0 Å². The third kappa shape index (κ3) is 3.94. The summed E-state index contributed by atoms with van der Waals surface area (Å²) < 4.78 is 3.26. The predicted octanol–water partition coefficient (Wildman–Crippen LogP) is 0.846. The van der Waals surface area contributed by atoms with Crippen LogP contribution in [0.4, 0.5) is 0 Å². The molecule has 118 valence electrons. The van der Waals surface area contributed by atoms with E-state index in [2.05, 4.69) is 10.2 Å². The van der Waals surface area contributed by atoms with Gasteiger partial charge in [-0.3, -0.25) is 19.0 Å². The Morgan fingerprint density at radius 2 is 2.14 bits per heavy atom. The highest BCUT2D eigenvalue weighted by molar-refractivity contribution is 5.91. The van der Waals surface area contributed by atoms with Crippen LogP contribution in [0.15, 0.2) is 24.7 Å². The Morgan fingerprint density at radius 1 is 1.36 bits per heavy atom. The van der Waals surface area contributed by atoms with Gasteiger partial charge in [-0.15, -0.1) is 0 Å². The normalized spacial score (nSPS) is 10.6. The van der Waals surface area contributed by atoms with Crippen molar-refractivity contribution in [1.29, 1.82) is 0 Å². The Morgan fingerprint density at radius 3 is 2.77 bits per heavy atom. The van der Waals surface area contributed by atoms with Crippen molar-refractivity contribution in [2.75, 3.05) is 7.05 Å². The van der Waals surface area contributed by atoms with Crippen molar-refractivity contribution >= 4 is 11.9 Å². The van der Waals surface area contributed by atoms with Crippen LogP contribution in [-0.4, -0.2) is 48.5 Å². The van der Waals surface area contributed by atoms with Gasteiger partial charge in [0.25, 0.3) is 5.91 Å². The number of aliphatic carboxylic acids is 1. The van der Waals surface area contributed by atoms with Crippen LogP contribution in [0.5, 0.6) is 0 Å². The minimum absolute atomic E-state index is 0.0264. The molecule has 2 rings (SSSR count). The first kappa shape index (κ1) is 15.7. The minimum atomic E-state index is -0.895. The maximum absolute atomic E-state index is 12.3. The lowest BCUT2D eigenvalue weighted by Crippen LogP contribution is -2.26. The summed E-state index contributed by atoms with van der Waals surface area (Å²) in [7, 11) is 1.70. The second kappa shape index (κ2) is 6.88. The van der Waals surface area contributed by atoms with E-state index < -0.39 is 5.97 Å². The second-order valence-corrected chi connectivity index (χ2v) is 4.97. The van der Waals surface area contributed by atoms with Crippen LogP contribution < -0.4 is 0 Å². The quantitative estimate of drug-likeness (QED) is 0.818. The number of carbonyl (C=O) groups is 2. The van der Waals surface area contributed by atoms with Gasteiger partial charge in [0.2, 0.25) is 0 Å². The number of aryl methyl sites for hydroxylation is 2. The number of rotatable bonds is 7. The maximum Gasteiger partial charge on any atom is 0.305 e. The molecule has 2 heterocycles. The highest BCUT2D eigenvalue weighted by atomic mass is 16.4. The molecule has 0 fully saturated rings. The number of carboxylic acids is 1. The van der Waals surface area contributed by atoms with Crippen LogP contribution >= 0.6 is 0 Å². The van der Waals surface area contributed by atoms with Crippen LogP contribution in [0.2, 0.25) is 0 Å². The maximum atomic E-state index is 12.3. The number of hydrogen-bond donors (Lipinski definition) is 1. The number of nitrogens with zero attached hydrogens (tertiary/aromatic N) is 5. The van der Waals surface area contributed by atoms with Crippen molar-refractivity contribution in [3.8, 4) is 0 Å².